The number of allylic oxidation sites excluding steroid dienone is 5. The van der Waals surface area contributed by atoms with Crippen molar-refractivity contribution < 1.29 is 25.8 Å². The second-order valence-corrected chi connectivity index (χ2v) is 4.15. The Morgan fingerprint density at radius 1 is 1.27 bits per heavy atom. The normalized spacial score (nSPS) is 17.1. The van der Waals surface area contributed by atoms with E-state index in [0.717, 1.165) is 6.08 Å². The molecule has 0 aromatic rings. The Labute approximate surface area is 84.7 Å². The number of hydrogen-bond donors (Lipinski definition) is 0. The lowest BCUT2D eigenvalue weighted by Gasteiger charge is -2.09. The number of alkyl halides is 3. The minimum absolute atomic E-state index is 0.315. The van der Waals surface area contributed by atoms with E-state index < -0.39 is 15.6 Å². The van der Waals surface area contributed by atoms with Gasteiger partial charge in [-0.2, -0.15) is 21.6 Å². The summed E-state index contributed by atoms with van der Waals surface area (Å²) >= 11 is 0. The van der Waals surface area contributed by atoms with E-state index in [4.69, 9.17) is 0 Å². The van der Waals surface area contributed by atoms with Gasteiger partial charge in [0.05, 0.1) is 0 Å². The zero-order valence-corrected chi connectivity index (χ0v) is 8.18. The van der Waals surface area contributed by atoms with Gasteiger partial charge >= 0.3 is 15.6 Å². The maximum atomic E-state index is 11.9. The van der Waals surface area contributed by atoms with Gasteiger partial charge in [-0.25, -0.2) is 0 Å². The van der Waals surface area contributed by atoms with Gasteiger partial charge in [0.15, 0.2) is 0 Å². The molecular formula is C8H7F3O3S. The van der Waals surface area contributed by atoms with E-state index >= 15 is 0 Å². The third-order valence-electron chi connectivity index (χ3n) is 1.45. The third kappa shape index (κ3) is 3.12. The predicted octanol–water partition coefficient (Wildman–Crippen LogP) is 2.25. The van der Waals surface area contributed by atoms with Crippen LogP contribution in [0.25, 0.3) is 0 Å². The molecular weight excluding hydrogens is 233 g/mol. The molecule has 0 aromatic carbocycles. The van der Waals surface area contributed by atoms with Crippen LogP contribution in [0.3, 0.4) is 0 Å². The van der Waals surface area contributed by atoms with Gasteiger partial charge in [0.1, 0.15) is 5.76 Å². The molecule has 15 heavy (non-hydrogen) atoms. The van der Waals surface area contributed by atoms with Crippen LogP contribution in [0.15, 0.2) is 36.1 Å². The van der Waals surface area contributed by atoms with Crippen molar-refractivity contribution in [3.63, 3.8) is 0 Å². The van der Waals surface area contributed by atoms with Crippen molar-refractivity contribution in [3.8, 4) is 0 Å². The molecule has 1 aliphatic carbocycles. The molecule has 3 nitrogen and oxygen atoms in total. The van der Waals surface area contributed by atoms with Crippen molar-refractivity contribution in [2.24, 2.45) is 0 Å². The van der Waals surface area contributed by atoms with Crippen LogP contribution < -0.4 is 0 Å². The number of rotatable bonds is 2. The lowest BCUT2D eigenvalue weighted by molar-refractivity contribution is -0.0519. The zero-order valence-electron chi connectivity index (χ0n) is 7.36. The largest absolute Gasteiger partial charge is 0.534 e. The van der Waals surface area contributed by atoms with E-state index in [-0.39, 0.29) is 5.76 Å². The Morgan fingerprint density at radius 3 is 2.53 bits per heavy atom. The molecule has 84 valence electrons. The van der Waals surface area contributed by atoms with E-state index in [1.165, 1.54) is 12.2 Å². The summed E-state index contributed by atoms with van der Waals surface area (Å²) in [6.07, 6.45) is 7.32. The van der Waals surface area contributed by atoms with Gasteiger partial charge < -0.3 is 4.18 Å². The summed E-state index contributed by atoms with van der Waals surface area (Å²) in [4.78, 5) is 0. The van der Waals surface area contributed by atoms with Crippen LogP contribution in [0, 0.1) is 0 Å². The van der Waals surface area contributed by atoms with Gasteiger partial charge in [-0.1, -0.05) is 18.2 Å². The molecule has 0 unspecified atom stereocenters. The number of hydrogen-bond acceptors (Lipinski definition) is 3. The predicted molar refractivity (Wildman–Crippen MR) is 47.0 cm³/mol. The van der Waals surface area contributed by atoms with E-state index in [1.54, 1.807) is 12.2 Å². The first-order valence-corrected chi connectivity index (χ1v) is 5.28. The van der Waals surface area contributed by atoms with Crippen molar-refractivity contribution in [2.45, 2.75) is 11.9 Å². The number of halogens is 3. The van der Waals surface area contributed by atoms with Crippen LogP contribution in [-0.2, 0) is 14.3 Å². The minimum atomic E-state index is -5.56. The summed E-state index contributed by atoms with van der Waals surface area (Å²) in [5.41, 5.74) is -5.40. The molecule has 0 aliphatic heterocycles. The van der Waals surface area contributed by atoms with Crippen LogP contribution in [0.2, 0.25) is 0 Å². The fourth-order valence-corrected chi connectivity index (χ4v) is 1.27. The second kappa shape index (κ2) is 4.09. The molecule has 0 spiro atoms. The van der Waals surface area contributed by atoms with Gasteiger partial charge in [0.2, 0.25) is 0 Å². The fourth-order valence-electron chi connectivity index (χ4n) is 0.795. The maximum absolute atomic E-state index is 11.9. The Balaban J connectivity index is 2.84. The van der Waals surface area contributed by atoms with Crippen molar-refractivity contribution in [1.82, 2.24) is 0 Å². The van der Waals surface area contributed by atoms with E-state index in [2.05, 4.69) is 4.18 Å². The average Bonchev–Trinajstić information content (AvgIpc) is 2.30. The second-order valence-electron chi connectivity index (χ2n) is 2.61. The van der Waals surface area contributed by atoms with E-state index in [9.17, 15) is 21.6 Å². The molecule has 0 saturated heterocycles. The third-order valence-corrected chi connectivity index (χ3v) is 2.43. The summed E-state index contributed by atoms with van der Waals surface area (Å²) in [5.74, 6) is -0.336. The summed E-state index contributed by atoms with van der Waals surface area (Å²) in [5, 5.41) is 0. The standard InChI is InChI=1S/C8H7F3O3S/c9-8(10,11)15(12,13)14-7-5-3-1-2-4-6-7/h1-3,5-6H,4H2. The highest BCUT2D eigenvalue weighted by atomic mass is 32.2. The van der Waals surface area contributed by atoms with Crippen molar-refractivity contribution >= 4 is 10.1 Å². The topological polar surface area (TPSA) is 43.4 Å². The molecule has 0 radical (unpaired) electrons. The molecule has 0 amide bonds. The summed E-state index contributed by atoms with van der Waals surface area (Å²) in [6, 6.07) is 0. The van der Waals surface area contributed by atoms with Crippen LogP contribution in [-0.4, -0.2) is 13.9 Å². The molecule has 0 saturated carbocycles. The molecule has 0 fully saturated rings. The summed E-state index contributed by atoms with van der Waals surface area (Å²) in [7, 11) is -5.56. The lowest BCUT2D eigenvalue weighted by Crippen LogP contribution is -2.25. The van der Waals surface area contributed by atoms with Gasteiger partial charge in [-0.15, -0.1) is 0 Å². The molecule has 0 heterocycles. The Kier molecular flexibility index (Phi) is 3.23. The summed E-state index contributed by atoms with van der Waals surface area (Å²) < 4.78 is 60.8. The first kappa shape index (κ1) is 11.8. The smallest absolute Gasteiger partial charge is 0.376 e. The Hall–Kier alpha value is -1.24. The summed E-state index contributed by atoms with van der Waals surface area (Å²) in [6.45, 7) is 0. The van der Waals surface area contributed by atoms with Gasteiger partial charge in [-0.05, 0) is 18.6 Å². The molecule has 0 N–H and O–H groups in total. The highest BCUT2D eigenvalue weighted by Gasteiger charge is 2.48. The highest BCUT2D eigenvalue weighted by molar-refractivity contribution is 7.87. The molecule has 0 bridgehead atoms. The first-order valence-electron chi connectivity index (χ1n) is 3.87. The fraction of sp³-hybridized carbons (Fsp3) is 0.250. The van der Waals surface area contributed by atoms with Crippen LogP contribution >= 0.6 is 0 Å². The van der Waals surface area contributed by atoms with Gasteiger partial charge in [0.25, 0.3) is 0 Å². The Bertz CT molecular complexity index is 415. The van der Waals surface area contributed by atoms with Crippen molar-refractivity contribution in [3.05, 3.63) is 36.1 Å². The van der Waals surface area contributed by atoms with Gasteiger partial charge in [0, 0.05) is 0 Å². The average molecular weight is 240 g/mol. The SMILES string of the molecule is O=S(=O)(OC1=CCC=CC=C1)C(F)(F)F. The molecule has 1 aliphatic rings. The highest BCUT2D eigenvalue weighted by Crippen LogP contribution is 2.27. The molecule has 0 atom stereocenters. The lowest BCUT2D eigenvalue weighted by atomic mass is 10.4. The molecule has 0 aromatic heterocycles. The maximum Gasteiger partial charge on any atom is 0.534 e. The van der Waals surface area contributed by atoms with Crippen LogP contribution in [0.1, 0.15) is 6.42 Å². The quantitative estimate of drug-likeness (QED) is 0.549. The Morgan fingerprint density at radius 2 is 1.93 bits per heavy atom. The zero-order chi connectivity index (χ0) is 11.5. The van der Waals surface area contributed by atoms with Gasteiger partial charge in [-0.3, -0.25) is 0 Å². The van der Waals surface area contributed by atoms with Crippen LogP contribution in [0.5, 0.6) is 0 Å². The monoisotopic (exact) mass is 240 g/mol. The minimum Gasteiger partial charge on any atom is -0.376 e. The van der Waals surface area contributed by atoms with Crippen molar-refractivity contribution in [2.75, 3.05) is 0 Å². The molecule has 1 rings (SSSR count). The molecule has 7 heteroatoms. The first-order chi connectivity index (χ1) is 6.83. The van der Waals surface area contributed by atoms with E-state index in [1.807, 2.05) is 0 Å². The van der Waals surface area contributed by atoms with Crippen LogP contribution in [0.4, 0.5) is 13.2 Å². The van der Waals surface area contributed by atoms with E-state index in [0.29, 0.717) is 6.42 Å². The van der Waals surface area contributed by atoms with Crippen molar-refractivity contribution in [1.29, 1.82) is 0 Å².